The highest BCUT2D eigenvalue weighted by Crippen LogP contribution is 2.45. The molecule has 0 saturated carbocycles. The molecule has 0 aromatic heterocycles. The van der Waals surface area contributed by atoms with Crippen molar-refractivity contribution in [2.75, 3.05) is 39.6 Å². The van der Waals surface area contributed by atoms with Crippen molar-refractivity contribution < 1.29 is 75.8 Å². The van der Waals surface area contributed by atoms with Crippen LogP contribution in [0, 0.1) is 0 Å². The van der Waals surface area contributed by atoms with Crippen LogP contribution < -0.4 is 0 Å². The molecule has 0 aromatic carbocycles. The Morgan fingerprint density at radius 1 is 0.239 bits per heavy atom. The summed E-state index contributed by atoms with van der Waals surface area (Å²) in [5.41, 5.74) is 0. The zero-order valence-electron chi connectivity index (χ0n) is 73.0. The van der Waals surface area contributed by atoms with Gasteiger partial charge in [0.1, 0.15) is 25.4 Å². The number of carbonyl (C=O) groups is 3. The van der Waals surface area contributed by atoms with Crippen LogP contribution in [0.5, 0.6) is 0 Å². The van der Waals surface area contributed by atoms with Crippen LogP contribution in [0.1, 0.15) is 342 Å². The van der Waals surface area contributed by atoms with Crippen LogP contribution in [0.2, 0.25) is 0 Å². The van der Waals surface area contributed by atoms with Gasteiger partial charge in [0, 0.05) is 19.3 Å². The number of phosphoric ester groups is 2. The van der Waals surface area contributed by atoms with Crippen LogP contribution in [0.4, 0.5) is 0 Å². The van der Waals surface area contributed by atoms with Crippen molar-refractivity contribution in [3.63, 3.8) is 0 Å². The van der Waals surface area contributed by atoms with Gasteiger partial charge in [0.05, 0.1) is 26.4 Å². The Balaban J connectivity index is 4.57. The van der Waals surface area contributed by atoms with Gasteiger partial charge < -0.3 is 34.2 Å². The lowest BCUT2D eigenvalue weighted by molar-refractivity contribution is -0.161. The van der Waals surface area contributed by atoms with E-state index in [2.05, 4.69) is 209 Å². The Morgan fingerprint density at radius 3 is 0.709 bits per heavy atom. The van der Waals surface area contributed by atoms with Gasteiger partial charge in [-0.25, -0.2) is 9.13 Å². The van der Waals surface area contributed by atoms with Crippen molar-refractivity contribution >= 4 is 33.6 Å². The molecule has 0 aliphatic rings. The quantitative estimate of drug-likeness (QED) is 0.0146. The molecule has 0 amide bonds. The Bertz CT molecular complexity index is 2960. The highest BCUT2D eigenvalue weighted by molar-refractivity contribution is 7.47. The number of carbonyl (C=O) groups excluding carboxylic acids is 3. The first-order valence-corrected chi connectivity index (χ1v) is 48.4. The second-order valence-corrected chi connectivity index (χ2v) is 32.5. The van der Waals surface area contributed by atoms with Crippen molar-refractivity contribution in [2.24, 2.45) is 0 Å². The Morgan fingerprint density at radius 2 is 0.444 bits per heavy atom. The maximum Gasteiger partial charge on any atom is 0.472 e. The maximum atomic E-state index is 13.0. The Hall–Kier alpha value is -5.87. The molecule has 117 heavy (non-hydrogen) atoms. The molecule has 0 fully saturated rings. The zero-order valence-corrected chi connectivity index (χ0v) is 74.8. The first-order valence-electron chi connectivity index (χ1n) is 45.4. The molecule has 0 spiro atoms. The van der Waals surface area contributed by atoms with Gasteiger partial charge in [-0.2, -0.15) is 0 Å². The Labute approximate surface area is 711 Å². The molecule has 18 heteroatoms. The molecule has 0 bridgehead atoms. The molecular weight excluding hydrogens is 1510 g/mol. The summed E-state index contributed by atoms with van der Waals surface area (Å²) in [6, 6.07) is 0. The lowest BCUT2D eigenvalue weighted by Crippen LogP contribution is -2.29. The molecule has 0 rings (SSSR count). The predicted octanol–water partition coefficient (Wildman–Crippen LogP) is 28.0. The third kappa shape index (κ3) is 90.7. The fourth-order valence-corrected chi connectivity index (χ4v) is 13.3. The molecule has 5 unspecified atom stereocenters. The smallest absolute Gasteiger partial charge is 0.463 e. The molecule has 0 saturated heterocycles. The van der Waals surface area contributed by atoms with E-state index >= 15 is 0 Å². The number of phosphoric acid groups is 2. The number of esters is 3. The first kappa shape index (κ1) is 111. The summed E-state index contributed by atoms with van der Waals surface area (Å²) in [5.74, 6) is -1.69. The van der Waals surface area contributed by atoms with Crippen LogP contribution in [0.25, 0.3) is 0 Å². The molecule has 5 atom stereocenters. The third-order valence-corrected chi connectivity index (χ3v) is 20.4. The van der Waals surface area contributed by atoms with Gasteiger partial charge in [-0.3, -0.25) is 32.5 Å². The topological polar surface area (TPSA) is 231 Å². The second kappa shape index (κ2) is 89.4. The minimum Gasteiger partial charge on any atom is -0.463 e. The minimum atomic E-state index is -4.97. The molecule has 0 heterocycles. The largest absolute Gasteiger partial charge is 0.472 e. The van der Waals surface area contributed by atoms with E-state index in [-0.39, 0.29) is 19.3 Å². The van der Waals surface area contributed by atoms with E-state index in [4.69, 9.17) is 32.3 Å². The summed E-state index contributed by atoms with van der Waals surface area (Å²) in [6.07, 6.45) is 120. The van der Waals surface area contributed by atoms with E-state index in [9.17, 15) is 43.5 Å². The summed E-state index contributed by atoms with van der Waals surface area (Å²) in [5, 5.41) is 20.7. The van der Waals surface area contributed by atoms with Crippen LogP contribution in [0.15, 0.2) is 207 Å². The SMILES string of the molecule is CC/C=C\C/C=C\C/C=C\C/C=C\C/C=C\C/C=C\CCCCCCCCCCC(=O)OCC(COP(=O)(O)OCC(O)COP(=O)(O)OCC(O)COC(=O)CCCCCCCCCCCCCCCCCCCCC/C=C\C/C=C\C/C=C\C/C=C\C/C=C\CC)OC(=O)CC/C=C\C/C=C\C/C=C\C/C=C\C/C=C\C/C=C\CC. The van der Waals surface area contributed by atoms with Gasteiger partial charge in [0.2, 0.25) is 0 Å². The van der Waals surface area contributed by atoms with E-state index in [1.165, 1.54) is 109 Å². The monoisotopic (exact) mass is 1670 g/mol. The average molecular weight is 1670 g/mol. The van der Waals surface area contributed by atoms with Crippen molar-refractivity contribution in [1.82, 2.24) is 0 Å². The maximum absolute atomic E-state index is 13.0. The number of allylic oxidation sites excluding steroid dienone is 34. The molecule has 0 aliphatic heterocycles. The zero-order chi connectivity index (χ0) is 85.1. The van der Waals surface area contributed by atoms with E-state index in [1.54, 1.807) is 0 Å². The molecule has 4 N–H and O–H groups in total. The van der Waals surface area contributed by atoms with E-state index < -0.39 is 91.5 Å². The predicted molar refractivity (Wildman–Crippen MR) is 491 cm³/mol. The molecular formula is C99H162O16P2. The number of unbranched alkanes of at least 4 members (excludes halogenated alkanes) is 27. The van der Waals surface area contributed by atoms with Crippen molar-refractivity contribution in [3.8, 4) is 0 Å². The van der Waals surface area contributed by atoms with Crippen LogP contribution >= 0.6 is 15.6 Å². The number of hydrogen-bond donors (Lipinski definition) is 4. The first-order chi connectivity index (χ1) is 57.2. The fourth-order valence-electron chi connectivity index (χ4n) is 11.7. The van der Waals surface area contributed by atoms with Gasteiger partial charge in [-0.05, 0) is 154 Å². The van der Waals surface area contributed by atoms with E-state index in [0.29, 0.717) is 25.7 Å². The van der Waals surface area contributed by atoms with Gasteiger partial charge in [0.25, 0.3) is 0 Å². The fraction of sp³-hybridized carbons (Fsp3) is 0.626. The Kier molecular flexibility index (Phi) is 84.9. The van der Waals surface area contributed by atoms with Crippen molar-refractivity contribution in [1.29, 1.82) is 0 Å². The lowest BCUT2D eigenvalue weighted by Gasteiger charge is -2.21. The van der Waals surface area contributed by atoms with Gasteiger partial charge in [-0.1, -0.05) is 375 Å². The summed E-state index contributed by atoms with van der Waals surface area (Å²) >= 11 is 0. The minimum absolute atomic E-state index is 0.0298. The average Bonchev–Trinajstić information content (AvgIpc) is 1.00. The third-order valence-electron chi connectivity index (χ3n) is 18.5. The summed E-state index contributed by atoms with van der Waals surface area (Å²) in [7, 11) is -9.84. The number of rotatable bonds is 84. The lowest BCUT2D eigenvalue weighted by atomic mass is 10.0. The highest BCUT2D eigenvalue weighted by Gasteiger charge is 2.29. The van der Waals surface area contributed by atoms with Crippen molar-refractivity contribution in [2.45, 2.75) is 360 Å². The molecule has 0 aromatic rings. The molecule has 664 valence electrons. The number of ether oxygens (including phenoxy) is 3. The highest BCUT2D eigenvalue weighted by atomic mass is 31.2. The summed E-state index contributed by atoms with van der Waals surface area (Å²) in [4.78, 5) is 58.9. The van der Waals surface area contributed by atoms with E-state index in [0.717, 1.165) is 167 Å². The number of hydrogen-bond acceptors (Lipinski definition) is 14. The molecule has 0 radical (unpaired) electrons. The van der Waals surface area contributed by atoms with E-state index in [1.807, 2.05) is 18.2 Å². The second-order valence-electron chi connectivity index (χ2n) is 29.6. The van der Waals surface area contributed by atoms with Crippen LogP contribution in [-0.2, 0) is 55.8 Å². The van der Waals surface area contributed by atoms with Gasteiger partial charge in [-0.15, -0.1) is 0 Å². The van der Waals surface area contributed by atoms with Gasteiger partial charge in [0.15, 0.2) is 6.10 Å². The van der Waals surface area contributed by atoms with Crippen LogP contribution in [-0.4, -0.2) is 95.9 Å². The standard InChI is InChI=1S/C99H162O16P2/c1-4-7-10-13-16-19-22-25-28-31-34-36-38-40-42-43-44-45-46-47-48-49-51-53-54-56-59-61-64-67-70-73-76-79-82-85-97(102)109-88-94(100)89-111-116(105,106)112-90-95(101)91-113-117(107,108)114-93-96(115-99(104)87-84-81-78-75-72-69-66-63-58-33-30-27-24-21-18-15-12-9-6-3)92-110-98(103)86-83-80-77-74-71-68-65-62-60-57-55-52-50-41-39-37-35-32-29-26-23-20-17-14-11-8-5-2/h7-12,16-21,25-30,34-37,40-42,50,55,57-58,63,69,72,78,81,94-96,100-101H,4-6,13-15,22-24,31-33,38-39,43-49,51-54,56,59-62,64-68,70-71,73-77,79-80,82-93H2,1-3H3,(H,105,106)(H,107,108)/b10-7-,11-8-,12-9-,19-16-,20-17-,21-18-,28-25-,29-26-,30-27-,36-34-,37-35-,42-40-,50-41-,57-55-,63-58-,72-69-,81-78-. The van der Waals surface area contributed by atoms with Crippen molar-refractivity contribution in [3.05, 3.63) is 207 Å². The normalized spacial score (nSPS) is 14.8. The number of aliphatic hydroxyl groups is 2. The molecule has 16 nitrogen and oxygen atoms in total. The molecule has 0 aliphatic carbocycles. The number of aliphatic hydroxyl groups excluding tert-OH is 2. The van der Waals surface area contributed by atoms with Crippen LogP contribution in [0.3, 0.4) is 0 Å². The summed E-state index contributed by atoms with van der Waals surface area (Å²) < 4.78 is 61.3. The summed E-state index contributed by atoms with van der Waals surface area (Å²) in [6.45, 7) is 2.25. The van der Waals surface area contributed by atoms with Gasteiger partial charge >= 0.3 is 33.6 Å².